The fraction of sp³-hybridized carbons (Fsp3) is 0.923. The Morgan fingerprint density at radius 2 is 1.40 bits per heavy atom. The Hall–Kier alpha value is 0.440. The van der Waals surface area contributed by atoms with Gasteiger partial charge in [0.25, 0.3) is 0 Å². The molecule has 0 radical (unpaired) electrons. The fourth-order valence-electron chi connectivity index (χ4n) is 1.92. The monoisotopic (exact) mass is 244 g/mol. The first-order valence-electron chi connectivity index (χ1n) is 6.55. The quantitative estimate of drug-likeness (QED) is 0.289. The van der Waals surface area contributed by atoms with E-state index in [0.717, 1.165) is 5.25 Å². The number of rotatable bonds is 10. The Morgan fingerprint density at radius 3 is 1.87 bits per heavy atom. The number of hydrogen-bond acceptors (Lipinski definition) is 2. The first-order valence-corrected chi connectivity index (χ1v) is 7.84. The van der Waals surface area contributed by atoms with Crippen molar-refractivity contribution in [2.24, 2.45) is 0 Å². The number of unbranched alkanes of at least 4 members (excludes halogenated alkanes) is 8. The summed E-state index contributed by atoms with van der Waals surface area (Å²) in [5, 5.41) is 0.768. The van der Waals surface area contributed by atoms with E-state index in [1.165, 1.54) is 68.4 Å². The third-order valence-corrected chi connectivity index (χ3v) is 4.78. The molecule has 1 unspecified atom stereocenters. The van der Waals surface area contributed by atoms with Crippen LogP contribution in [0.4, 0.5) is 0 Å². The maximum Gasteiger partial charge on any atom is 0.0619 e. The Balaban J connectivity index is 1.68. The molecule has 1 saturated heterocycles. The third-order valence-electron chi connectivity index (χ3n) is 3.03. The number of hydrogen-bond donors (Lipinski definition) is 0. The molecule has 0 aliphatic carbocycles. The molecular weight excluding hydrogens is 220 g/mol. The summed E-state index contributed by atoms with van der Waals surface area (Å²) in [6.07, 6.45) is 14.2. The van der Waals surface area contributed by atoms with Crippen LogP contribution in [0, 0.1) is 0 Å². The van der Waals surface area contributed by atoms with Crippen LogP contribution in [0.5, 0.6) is 0 Å². The van der Waals surface area contributed by atoms with Gasteiger partial charge in [-0.1, -0.05) is 76.9 Å². The van der Waals surface area contributed by atoms with Gasteiger partial charge in [0.2, 0.25) is 0 Å². The van der Waals surface area contributed by atoms with Crippen molar-refractivity contribution in [2.75, 3.05) is 0 Å². The molecular formula is C13H24S2. The van der Waals surface area contributed by atoms with Gasteiger partial charge in [-0.25, -0.2) is 0 Å². The van der Waals surface area contributed by atoms with E-state index in [2.05, 4.69) is 6.92 Å². The van der Waals surface area contributed by atoms with Gasteiger partial charge >= 0.3 is 0 Å². The number of thiocarbonyl (C=S) groups is 1. The number of thioether (sulfide) groups is 1. The van der Waals surface area contributed by atoms with Gasteiger partial charge in [0.1, 0.15) is 0 Å². The SMILES string of the molecule is CCCCCCCCCCCC1SC1=S. The van der Waals surface area contributed by atoms with Crippen LogP contribution >= 0.6 is 24.0 Å². The predicted molar refractivity (Wildman–Crippen MR) is 75.8 cm³/mol. The first-order chi connectivity index (χ1) is 7.34. The average molecular weight is 244 g/mol. The molecule has 0 aromatic rings. The van der Waals surface area contributed by atoms with E-state index in [4.69, 9.17) is 12.2 Å². The zero-order valence-corrected chi connectivity index (χ0v) is 11.6. The lowest BCUT2D eigenvalue weighted by atomic mass is 10.1. The van der Waals surface area contributed by atoms with Crippen molar-refractivity contribution in [1.29, 1.82) is 0 Å². The minimum Gasteiger partial charge on any atom is -0.108 e. The summed E-state index contributed by atoms with van der Waals surface area (Å²) in [5.41, 5.74) is 0. The van der Waals surface area contributed by atoms with E-state index in [1.54, 1.807) is 0 Å². The van der Waals surface area contributed by atoms with Crippen molar-refractivity contribution < 1.29 is 0 Å². The van der Waals surface area contributed by atoms with Crippen LogP contribution in [-0.4, -0.2) is 9.45 Å². The highest BCUT2D eigenvalue weighted by molar-refractivity contribution is 8.34. The van der Waals surface area contributed by atoms with Gasteiger partial charge in [0.15, 0.2) is 0 Å². The molecule has 0 aromatic carbocycles. The van der Waals surface area contributed by atoms with Crippen LogP contribution in [0.1, 0.15) is 71.1 Å². The minimum absolute atomic E-state index is 0.768. The largest absolute Gasteiger partial charge is 0.108 e. The van der Waals surface area contributed by atoms with Gasteiger partial charge in [-0.15, -0.1) is 11.8 Å². The Labute approximate surface area is 105 Å². The fourth-order valence-corrected chi connectivity index (χ4v) is 3.00. The lowest BCUT2D eigenvalue weighted by Crippen LogP contribution is -1.86. The lowest BCUT2D eigenvalue weighted by molar-refractivity contribution is 0.561. The summed E-state index contributed by atoms with van der Waals surface area (Å²) in [7, 11) is 0. The minimum atomic E-state index is 0.768. The topological polar surface area (TPSA) is 0 Å². The van der Waals surface area contributed by atoms with Gasteiger partial charge in [-0.3, -0.25) is 0 Å². The molecule has 2 heteroatoms. The van der Waals surface area contributed by atoms with E-state index in [0.29, 0.717) is 0 Å². The highest BCUT2D eigenvalue weighted by atomic mass is 32.2. The molecule has 1 heterocycles. The summed E-state index contributed by atoms with van der Waals surface area (Å²) in [5.74, 6) is 0. The van der Waals surface area contributed by atoms with Crippen LogP contribution in [0.3, 0.4) is 0 Å². The molecule has 0 N–H and O–H groups in total. The van der Waals surface area contributed by atoms with Gasteiger partial charge in [0, 0.05) is 0 Å². The zero-order valence-electron chi connectivity index (χ0n) is 9.96. The second-order valence-electron chi connectivity index (χ2n) is 4.54. The van der Waals surface area contributed by atoms with Crippen molar-refractivity contribution in [2.45, 2.75) is 76.4 Å². The van der Waals surface area contributed by atoms with Gasteiger partial charge in [-0.05, 0) is 6.42 Å². The standard InChI is InChI=1S/C13H24S2/c1-2-3-4-5-6-7-8-9-10-11-12-13(14)15-12/h12H,2-11H2,1H3. The van der Waals surface area contributed by atoms with Gasteiger partial charge in [0.05, 0.1) is 9.45 Å². The second kappa shape index (κ2) is 8.58. The average Bonchev–Trinajstić information content (AvgIpc) is 2.92. The van der Waals surface area contributed by atoms with Gasteiger partial charge in [-0.2, -0.15) is 0 Å². The molecule has 1 rings (SSSR count). The molecule has 1 atom stereocenters. The Bertz CT molecular complexity index is 177. The maximum absolute atomic E-state index is 5.09. The van der Waals surface area contributed by atoms with Crippen molar-refractivity contribution in [3.8, 4) is 0 Å². The molecule has 0 nitrogen and oxygen atoms in total. The third kappa shape index (κ3) is 7.35. The van der Waals surface area contributed by atoms with Crippen LogP contribution in [0.25, 0.3) is 0 Å². The van der Waals surface area contributed by atoms with Crippen molar-refractivity contribution in [3.63, 3.8) is 0 Å². The first kappa shape index (κ1) is 13.5. The molecule has 0 aromatic heterocycles. The normalized spacial score (nSPS) is 19.5. The molecule has 0 spiro atoms. The molecule has 1 aliphatic rings. The van der Waals surface area contributed by atoms with Crippen LogP contribution in [0.2, 0.25) is 0 Å². The van der Waals surface area contributed by atoms with Crippen LogP contribution < -0.4 is 0 Å². The van der Waals surface area contributed by atoms with E-state index in [9.17, 15) is 0 Å². The lowest BCUT2D eigenvalue weighted by Gasteiger charge is -2.00. The highest BCUT2D eigenvalue weighted by Gasteiger charge is 2.29. The second-order valence-corrected chi connectivity index (χ2v) is 6.49. The van der Waals surface area contributed by atoms with E-state index in [-0.39, 0.29) is 0 Å². The summed E-state index contributed by atoms with van der Waals surface area (Å²) in [6, 6.07) is 0. The van der Waals surface area contributed by atoms with E-state index < -0.39 is 0 Å². The summed E-state index contributed by atoms with van der Waals surface area (Å²) in [6.45, 7) is 2.28. The Kier molecular flexibility index (Phi) is 7.72. The molecule has 0 saturated carbocycles. The smallest absolute Gasteiger partial charge is 0.0619 e. The van der Waals surface area contributed by atoms with Gasteiger partial charge < -0.3 is 0 Å². The summed E-state index contributed by atoms with van der Waals surface area (Å²) >= 11 is 6.99. The molecule has 88 valence electrons. The molecule has 1 aliphatic heterocycles. The van der Waals surface area contributed by atoms with Crippen molar-refractivity contribution in [3.05, 3.63) is 0 Å². The van der Waals surface area contributed by atoms with Crippen molar-refractivity contribution in [1.82, 2.24) is 0 Å². The molecule has 1 fully saturated rings. The highest BCUT2D eigenvalue weighted by Crippen LogP contribution is 2.38. The van der Waals surface area contributed by atoms with E-state index in [1.807, 2.05) is 11.8 Å². The van der Waals surface area contributed by atoms with Crippen LogP contribution in [-0.2, 0) is 0 Å². The molecule has 0 amide bonds. The predicted octanol–water partition coefficient (Wildman–Crippen LogP) is 5.35. The van der Waals surface area contributed by atoms with Crippen LogP contribution in [0.15, 0.2) is 0 Å². The molecule has 0 bridgehead atoms. The Morgan fingerprint density at radius 1 is 0.933 bits per heavy atom. The summed E-state index contributed by atoms with van der Waals surface area (Å²) in [4.78, 5) is 0. The summed E-state index contributed by atoms with van der Waals surface area (Å²) < 4.78 is 1.26. The molecule has 15 heavy (non-hydrogen) atoms. The maximum atomic E-state index is 5.09. The zero-order chi connectivity index (χ0) is 10.9. The van der Waals surface area contributed by atoms with E-state index >= 15 is 0 Å². The van der Waals surface area contributed by atoms with Crippen molar-refractivity contribution >= 4 is 28.2 Å².